The number of benzene rings is 1. The molecule has 0 aliphatic rings. The summed E-state index contributed by atoms with van der Waals surface area (Å²) < 4.78 is 27.6. The zero-order valence-corrected chi connectivity index (χ0v) is 15.8. The molecule has 0 aliphatic heterocycles. The van der Waals surface area contributed by atoms with Crippen molar-refractivity contribution in [1.29, 1.82) is 0 Å². The van der Waals surface area contributed by atoms with Gasteiger partial charge in [-0.25, -0.2) is 13.1 Å². The minimum atomic E-state index is -3.56. The molecule has 0 saturated carbocycles. The lowest BCUT2D eigenvalue weighted by Gasteiger charge is -2.12. The van der Waals surface area contributed by atoms with E-state index < -0.39 is 10.0 Å². The molecule has 0 spiro atoms. The van der Waals surface area contributed by atoms with Crippen molar-refractivity contribution in [2.45, 2.75) is 37.8 Å². The van der Waals surface area contributed by atoms with Gasteiger partial charge in [-0.1, -0.05) is 18.5 Å². The summed E-state index contributed by atoms with van der Waals surface area (Å²) in [6, 6.07) is 9.35. The second kappa shape index (κ2) is 8.11. The lowest BCUT2D eigenvalue weighted by molar-refractivity contribution is 0.0951. The average molecular weight is 387 g/mol. The number of sulfonamides is 1. The van der Waals surface area contributed by atoms with Gasteiger partial charge in [0.05, 0.1) is 15.8 Å². The standard InChI is InChI=1S/C16H19ClN2O3S2/c1-3-11(2)19-24(21,22)14-7-4-12(5-8-14)16(20)18-10-13-6-9-15(17)23-13/h4-9,11,19H,3,10H2,1-2H3,(H,18,20). The minimum absolute atomic E-state index is 0.143. The Morgan fingerprint density at radius 3 is 2.42 bits per heavy atom. The fourth-order valence-corrected chi connectivity index (χ4v) is 4.27. The van der Waals surface area contributed by atoms with Crippen LogP contribution in [0.3, 0.4) is 0 Å². The molecule has 5 nitrogen and oxygen atoms in total. The summed E-state index contributed by atoms with van der Waals surface area (Å²) in [5.41, 5.74) is 0.403. The first kappa shape index (κ1) is 18.9. The molecule has 1 amide bonds. The van der Waals surface area contributed by atoms with E-state index in [2.05, 4.69) is 10.0 Å². The summed E-state index contributed by atoms with van der Waals surface area (Å²) >= 11 is 7.24. The van der Waals surface area contributed by atoms with E-state index >= 15 is 0 Å². The van der Waals surface area contributed by atoms with Crippen molar-refractivity contribution < 1.29 is 13.2 Å². The molecular weight excluding hydrogens is 368 g/mol. The summed E-state index contributed by atoms with van der Waals surface area (Å²) in [7, 11) is -3.56. The maximum Gasteiger partial charge on any atom is 0.251 e. The van der Waals surface area contributed by atoms with E-state index in [-0.39, 0.29) is 16.8 Å². The normalized spacial score (nSPS) is 12.8. The predicted molar refractivity (Wildman–Crippen MR) is 97.0 cm³/mol. The summed E-state index contributed by atoms with van der Waals surface area (Å²) in [5, 5.41) is 2.78. The van der Waals surface area contributed by atoms with E-state index in [1.807, 2.05) is 13.0 Å². The summed E-state index contributed by atoms with van der Waals surface area (Å²) in [6.07, 6.45) is 0.701. The first-order valence-electron chi connectivity index (χ1n) is 7.46. The molecule has 130 valence electrons. The van der Waals surface area contributed by atoms with Gasteiger partial charge in [-0.2, -0.15) is 0 Å². The number of halogens is 1. The third-order valence-electron chi connectivity index (χ3n) is 3.45. The number of amides is 1. The molecule has 0 saturated heterocycles. The van der Waals surface area contributed by atoms with Crippen LogP contribution in [-0.4, -0.2) is 20.4 Å². The molecule has 2 rings (SSSR count). The highest BCUT2D eigenvalue weighted by Crippen LogP contribution is 2.21. The fourth-order valence-electron chi connectivity index (χ4n) is 1.92. The fraction of sp³-hybridized carbons (Fsp3) is 0.312. The number of hydrogen-bond donors (Lipinski definition) is 2. The number of rotatable bonds is 7. The first-order valence-corrected chi connectivity index (χ1v) is 10.1. The van der Waals surface area contributed by atoms with Gasteiger partial charge in [0.25, 0.3) is 5.91 Å². The second-order valence-electron chi connectivity index (χ2n) is 5.34. The van der Waals surface area contributed by atoms with Crippen molar-refractivity contribution in [3.05, 3.63) is 51.2 Å². The van der Waals surface area contributed by atoms with Gasteiger partial charge in [0, 0.05) is 16.5 Å². The van der Waals surface area contributed by atoms with E-state index in [9.17, 15) is 13.2 Å². The molecule has 1 unspecified atom stereocenters. The zero-order valence-electron chi connectivity index (χ0n) is 13.4. The molecule has 2 N–H and O–H groups in total. The molecule has 8 heteroatoms. The van der Waals surface area contributed by atoms with Gasteiger partial charge in [0.1, 0.15) is 0 Å². The molecule has 1 atom stereocenters. The molecular formula is C16H19ClN2O3S2. The quantitative estimate of drug-likeness (QED) is 0.765. The van der Waals surface area contributed by atoms with Gasteiger partial charge in [-0.05, 0) is 49.7 Å². The second-order valence-corrected chi connectivity index (χ2v) is 8.86. The van der Waals surface area contributed by atoms with Crippen LogP contribution in [0.4, 0.5) is 0 Å². The predicted octanol–water partition coefficient (Wildman–Crippen LogP) is 3.41. The highest BCUT2D eigenvalue weighted by molar-refractivity contribution is 7.89. The van der Waals surface area contributed by atoms with Crippen LogP contribution in [-0.2, 0) is 16.6 Å². The Morgan fingerprint density at radius 2 is 1.88 bits per heavy atom. The topological polar surface area (TPSA) is 75.3 Å². The van der Waals surface area contributed by atoms with Crippen LogP contribution >= 0.6 is 22.9 Å². The van der Waals surface area contributed by atoms with Gasteiger partial charge in [0.15, 0.2) is 0 Å². The maximum absolute atomic E-state index is 12.2. The van der Waals surface area contributed by atoms with Crippen LogP contribution in [0, 0.1) is 0 Å². The van der Waals surface area contributed by atoms with E-state index in [1.54, 1.807) is 13.0 Å². The molecule has 1 aromatic carbocycles. The number of carbonyl (C=O) groups excluding carboxylic acids is 1. The highest BCUT2D eigenvalue weighted by Gasteiger charge is 2.17. The van der Waals surface area contributed by atoms with Crippen molar-refractivity contribution in [1.82, 2.24) is 10.0 Å². The third-order valence-corrected chi connectivity index (χ3v) is 6.28. The Bertz CT molecular complexity index is 801. The van der Waals surface area contributed by atoms with Gasteiger partial charge in [-0.3, -0.25) is 4.79 Å². The Kier molecular flexibility index (Phi) is 6.40. The van der Waals surface area contributed by atoms with Crippen LogP contribution in [0.25, 0.3) is 0 Å². The molecule has 1 heterocycles. The molecule has 24 heavy (non-hydrogen) atoms. The number of nitrogens with one attached hydrogen (secondary N) is 2. The van der Waals surface area contributed by atoms with Crippen LogP contribution in [0.2, 0.25) is 4.34 Å². The van der Waals surface area contributed by atoms with Crippen LogP contribution in [0.5, 0.6) is 0 Å². The largest absolute Gasteiger partial charge is 0.347 e. The monoisotopic (exact) mass is 386 g/mol. The Hall–Kier alpha value is -1.41. The third kappa shape index (κ3) is 5.04. The van der Waals surface area contributed by atoms with E-state index in [0.29, 0.717) is 22.9 Å². The Labute approximate surface area is 151 Å². The van der Waals surface area contributed by atoms with E-state index in [4.69, 9.17) is 11.6 Å². The van der Waals surface area contributed by atoms with Crippen LogP contribution in [0.1, 0.15) is 35.5 Å². The number of thiophene rings is 1. The Morgan fingerprint density at radius 1 is 1.21 bits per heavy atom. The summed E-state index contributed by atoms with van der Waals surface area (Å²) in [6.45, 7) is 4.09. The average Bonchev–Trinajstić information content (AvgIpc) is 2.97. The molecule has 0 bridgehead atoms. The summed E-state index contributed by atoms with van der Waals surface area (Å²) in [5.74, 6) is -0.265. The van der Waals surface area contributed by atoms with Gasteiger partial charge < -0.3 is 5.32 Å². The molecule has 1 aromatic heterocycles. The smallest absolute Gasteiger partial charge is 0.251 e. The van der Waals surface area contributed by atoms with Crippen molar-refractivity contribution in [2.75, 3.05) is 0 Å². The molecule has 0 aliphatic carbocycles. The molecule has 2 aromatic rings. The van der Waals surface area contributed by atoms with Crippen molar-refractivity contribution in [3.8, 4) is 0 Å². The Balaban J connectivity index is 2.01. The lowest BCUT2D eigenvalue weighted by atomic mass is 10.2. The van der Waals surface area contributed by atoms with Gasteiger partial charge >= 0.3 is 0 Å². The number of carbonyl (C=O) groups is 1. The lowest BCUT2D eigenvalue weighted by Crippen LogP contribution is -2.32. The van der Waals surface area contributed by atoms with Gasteiger partial charge in [-0.15, -0.1) is 11.3 Å². The van der Waals surface area contributed by atoms with Crippen molar-refractivity contribution >= 4 is 38.9 Å². The first-order chi connectivity index (χ1) is 11.3. The maximum atomic E-state index is 12.2. The van der Waals surface area contributed by atoms with E-state index in [0.717, 1.165) is 4.88 Å². The van der Waals surface area contributed by atoms with Crippen molar-refractivity contribution in [2.24, 2.45) is 0 Å². The van der Waals surface area contributed by atoms with Crippen LogP contribution < -0.4 is 10.0 Å². The highest BCUT2D eigenvalue weighted by atomic mass is 35.5. The zero-order chi connectivity index (χ0) is 17.7. The van der Waals surface area contributed by atoms with E-state index in [1.165, 1.54) is 35.6 Å². The minimum Gasteiger partial charge on any atom is -0.347 e. The molecule has 0 fully saturated rings. The van der Waals surface area contributed by atoms with Gasteiger partial charge in [0.2, 0.25) is 10.0 Å². The SMILES string of the molecule is CCC(C)NS(=O)(=O)c1ccc(C(=O)NCc2ccc(Cl)s2)cc1. The summed E-state index contributed by atoms with van der Waals surface area (Å²) in [4.78, 5) is 13.2. The molecule has 0 radical (unpaired) electrons. The van der Waals surface area contributed by atoms with Crippen LogP contribution in [0.15, 0.2) is 41.3 Å². The number of hydrogen-bond acceptors (Lipinski definition) is 4. The van der Waals surface area contributed by atoms with Crippen molar-refractivity contribution in [3.63, 3.8) is 0 Å².